The van der Waals surface area contributed by atoms with Gasteiger partial charge in [0, 0.05) is 28.2 Å². The van der Waals surface area contributed by atoms with Gasteiger partial charge in [-0.1, -0.05) is 98.0 Å². The molecule has 2 heterocycles. The molecular weight excluding hydrogens is 492 g/mol. The van der Waals surface area contributed by atoms with Gasteiger partial charge in [0.2, 0.25) is 0 Å². The molecule has 1 aromatic heterocycles. The molecule has 0 saturated carbocycles. The van der Waals surface area contributed by atoms with Crippen LogP contribution in [-0.2, 0) is 0 Å². The third-order valence-electron chi connectivity index (χ3n) is 7.66. The third kappa shape index (κ3) is 3.90. The number of rotatable bonds is 4. The molecule has 4 nitrogen and oxygen atoms in total. The number of nitrogens with zero attached hydrogens (tertiary/aromatic N) is 4. The van der Waals surface area contributed by atoms with E-state index in [1.165, 1.54) is 21.7 Å². The molecule has 188 valence electrons. The minimum absolute atomic E-state index is 0.706. The van der Waals surface area contributed by atoms with E-state index in [0.717, 1.165) is 28.3 Å². The molecule has 0 spiro atoms. The van der Waals surface area contributed by atoms with E-state index in [1.807, 2.05) is 41.1 Å². The fourth-order valence-electron chi connectivity index (χ4n) is 5.66. The Labute approximate surface area is 229 Å². The summed E-state index contributed by atoms with van der Waals surface area (Å²) in [6.45, 7) is 4.90. The molecule has 7 rings (SSSR count). The van der Waals surface area contributed by atoms with E-state index in [9.17, 15) is 0 Å². The minimum Gasteiger partial charge on any atom is -0.311 e. The number of hydrogen-bond acceptors (Lipinski definition) is 3. The summed E-state index contributed by atoms with van der Waals surface area (Å²) in [6.07, 6.45) is 0. The molecular formula is C34H28N4Si. The fourth-order valence-corrected chi connectivity index (χ4v) is 8.65. The summed E-state index contributed by atoms with van der Waals surface area (Å²) in [7, 11) is -1.80. The highest BCUT2D eigenvalue weighted by molar-refractivity contribution is 7.02. The van der Waals surface area contributed by atoms with Gasteiger partial charge in [-0.3, -0.25) is 0 Å². The maximum Gasteiger partial charge on any atom is 0.182 e. The Kier molecular flexibility index (Phi) is 5.53. The Morgan fingerprint density at radius 2 is 1.05 bits per heavy atom. The van der Waals surface area contributed by atoms with Crippen molar-refractivity contribution in [2.45, 2.75) is 13.1 Å². The molecule has 0 amide bonds. The molecule has 5 heteroatoms. The van der Waals surface area contributed by atoms with Gasteiger partial charge in [0.05, 0.1) is 5.69 Å². The fraction of sp³-hybridized carbons (Fsp3) is 0.0588. The molecule has 5 aromatic carbocycles. The van der Waals surface area contributed by atoms with E-state index < -0.39 is 8.07 Å². The standard InChI is InChI=1S/C34H28N4Si/c1-39(2)31-19-11-9-17-29(31)37(30-18-10-12-20-32(30)39)27-23-21-25(22-24-27)33-35-34(26-13-5-3-6-14-26)38(36-33)28-15-7-4-8-16-28/h3-24H,1-2H3. The first-order chi connectivity index (χ1) is 19.1. The molecule has 0 bridgehead atoms. The van der Waals surface area contributed by atoms with Crippen LogP contribution in [0.2, 0.25) is 13.1 Å². The zero-order chi connectivity index (χ0) is 26.4. The lowest BCUT2D eigenvalue weighted by Crippen LogP contribution is -2.58. The highest BCUT2D eigenvalue weighted by Crippen LogP contribution is 2.38. The van der Waals surface area contributed by atoms with Crippen molar-refractivity contribution in [3.05, 3.63) is 133 Å². The van der Waals surface area contributed by atoms with Crippen molar-refractivity contribution >= 4 is 35.5 Å². The lowest BCUT2D eigenvalue weighted by molar-refractivity contribution is 0.890. The van der Waals surface area contributed by atoms with Gasteiger partial charge in [0.1, 0.15) is 8.07 Å². The van der Waals surface area contributed by atoms with Crippen LogP contribution in [0.15, 0.2) is 133 Å². The van der Waals surface area contributed by atoms with Gasteiger partial charge >= 0.3 is 0 Å². The molecule has 0 aliphatic carbocycles. The highest BCUT2D eigenvalue weighted by atomic mass is 28.3. The van der Waals surface area contributed by atoms with Crippen molar-refractivity contribution in [3.63, 3.8) is 0 Å². The van der Waals surface area contributed by atoms with Gasteiger partial charge in [0.15, 0.2) is 11.6 Å². The molecule has 1 aliphatic heterocycles. The number of hydrogen-bond donors (Lipinski definition) is 0. The number of fused-ring (bicyclic) bond motifs is 2. The topological polar surface area (TPSA) is 34.0 Å². The molecule has 0 radical (unpaired) electrons. The third-order valence-corrected chi connectivity index (χ3v) is 11.2. The van der Waals surface area contributed by atoms with Crippen molar-refractivity contribution in [2.24, 2.45) is 0 Å². The number of benzene rings is 5. The molecule has 0 fully saturated rings. The van der Waals surface area contributed by atoms with Crippen LogP contribution in [0.25, 0.3) is 28.5 Å². The average molecular weight is 521 g/mol. The summed E-state index contributed by atoms with van der Waals surface area (Å²) in [5.41, 5.74) is 6.69. The summed E-state index contributed by atoms with van der Waals surface area (Å²) < 4.78 is 1.93. The summed E-state index contributed by atoms with van der Waals surface area (Å²) in [6, 6.07) is 46.8. The van der Waals surface area contributed by atoms with E-state index in [2.05, 4.69) is 115 Å². The zero-order valence-electron chi connectivity index (χ0n) is 22.0. The monoisotopic (exact) mass is 520 g/mol. The second kappa shape index (κ2) is 9.22. The van der Waals surface area contributed by atoms with Crippen molar-refractivity contribution in [1.29, 1.82) is 0 Å². The van der Waals surface area contributed by atoms with Crippen molar-refractivity contribution in [3.8, 4) is 28.5 Å². The summed E-state index contributed by atoms with van der Waals surface area (Å²) in [4.78, 5) is 7.40. The lowest BCUT2D eigenvalue weighted by Gasteiger charge is -2.41. The second-order valence-corrected chi connectivity index (χ2v) is 14.7. The number of anilines is 3. The van der Waals surface area contributed by atoms with E-state index in [1.54, 1.807) is 0 Å². The van der Waals surface area contributed by atoms with Crippen LogP contribution < -0.4 is 15.3 Å². The van der Waals surface area contributed by atoms with Crippen LogP contribution in [-0.4, -0.2) is 22.8 Å². The van der Waals surface area contributed by atoms with Crippen LogP contribution in [0.3, 0.4) is 0 Å². The second-order valence-electron chi connectivity index (χ2n) is 10.4. The van der Waals surface area contributed by atoms with Crippen LogP contribution >= 0.6 is 0 Å². The summed E-state index contributed by atoms with van der Waals surface area (Å²) in [5.74, 6) is 1.53. The Morgan fingerprint density at radius 3 is 1.67 bits per heavy atom. The van der Waals surface area contributed by atoms with E-state index in [-0.39, 0.29) is 0 Å². The number of aromatic nitrogens is 3. The smallest absolute Gasteiger partial charge is 0.182 e. The Bertz CT molecular complexity index is 1670. The average Bonchev–Trinajstić information content (AvgIpc) is 3.44. The number of para-hydroxylation sites is 3. The summed E-state index contributed by atoms with van der Waals surface area (Å²) in [5, 5.41) is 7.88. The Balaban J connectivity index is 1.32. The molecule has 0 saturated heterocycles. The van der Waals surface area contributed by atoms with Crippen molar-refractivity contribution in [2.75, 3.05) is 4.90 Å². The van der Waals surface area contributed by atoms with E-state index in [4.69, 9.17) is 10.1 Å². The first-order valence-corrected chi connectivity index (χ1v) is 16.3. The quantitative estimate of drug-likeness (QED) is 0.230. The predicted octanol–water partition coefficient (Wildman–Crippen LogP) is 7.21. The molecule has 0 unspecified atom stereocenters. The van der Waals surface area contributed by atoms with Gasteiger partial charge in [-0.05, 0) is 58.9 Å². The van der Waals surface area contributed by atoms with Crippen LogP contribution in [0, 0.1) is 0 Å². The first-order valence-electron chi connectivity index (χ1n) is 13.3. The molecule has 39 heavy (non-hydrogen) atoms. The van der Waals surface area contributed by atoms with Crippen molar-refractivity contribution in [1.82, 2.24) is 14.8 Å². The summed E-state index contributed by atoms with van der Waals surface area (Å²) >= 11 is 0. The van der Waals surface area contributed by atoms with Crippen LogP contribution in [0.1, 0.15) is 0 Å². The first kappa shape index (κ1) is 23.4. The molecule has 0 N–H and O–H groups in total. The lowest BCUT2D eigenvalue weighted by atomic mass is 10.1. The van der Waals surface area contributed by atoms with Gasteiger partial charge in [-0.2, -0.15) is 0 Å². The predicted molar refractivity (Wildman–Crippen MR) is 164 cm³/mol. The van der Waals surface area contributed by atoms with Gasteiger partial charge in [-0.25, -0.2) is 9.67 Å². The Morgan fingerprint density at radius 1 is 0.513 bits per heavy atom. The van der Waals surface area contributed by atoms with Gasteiger partial charge in [-0.15, -0.1) is 5.10 Å². The molecule has 6 aromatic rings. The normalized spacial score (nSPS) is 13.5. The van der Waals surface area contributed by atoms with Crippen LogP contribution in [0.4, 0.5) is 17.1 Å². The van der Waals surface area contributed by atoms with Gasteiger partial charge < -0.3 is 4.90 Å². The molecule has 1 aliphatic rings. The van der Waals surface area contributed by atoms with Gasteiger partial charge in [0.25, 0.3) is 0 Å². The molecule has 0 atom stereocenters. The Hall–Kier alpha value is -4.74. The maximum atomic E-state index is 5.00. The zero-order valence-corrected chi connectivity index (χ0v) is 23.0. The van der Waals surface area contributed by atoms with Crippen LogP contribution in [0.5, 0.6) is 0 Å². The SMILES string of the molecule is C[Si]1(C)c2ccccc2N(c2ccc(-c3nc(-c4ccccc4)n(-c4ccccc4)n3)cc2)c2ccccc21. The highest BCUT2D eigenvalue weighted by Gasteiger charge is 2.38. The maximum absolute atomic E-state index is 5.00. The largest absolute Gasteiger partial charge is 0.311 e. The van der Waals surface area contributed by atoms with E-state index >= 15 is 0 Å². The van der Waals surface area contributed by atoms with Crippen molar-refractivity contribution < 1.29 is 0 Å². The minimum atomic E-state index is -1.80. The van der Waals surface area contributed by atoms with E-state index in [0.29, 0.717) is 5.82 Å².